The molecule has 0 amide bonds. The van der Waals surface area contributed by atoms with Crippen molar-refractivity contribution in [2.45, 2.75) is 6.18 Å². The molecule has 0 aliphatic heterocycles. The van der Waals surface area contributed by atoms with Gasteiger partial charge in [-0.25, -0.2) is 8.78 Å². The molecule has 0 aliphatic rings. The summed E-state index contributed by atoms with van der Waals surface area (Å²) in [5.41, 5.74) is 4.22. The van der Waals surface area contributed by atoms with E-state index in [1.807, 2.05) is 0 Å². The molecule has 2 N–H and O–H groups in total. The maximum atomic E-state index is 13.6. The normalized spacial score (nSPS) is 11.5. The highest BCUT2D eigenvalue weighted by Crippen LogP contribution is 2.37. The van der Waals surface area contributed by atoms with Crippen molar-refractivity contribution in [3.05, 3.63) is 52.0 Å². The highest BCUT2D eigenvalue weighted by Gasteiger charge is 2.33. The first kappa shape index (κ1) is 15.6. The number of halogens is 6. The Balaban J connectivity index is 2.41. The van der Waals surface area contributed by atoms with Gasteiger partial charge in [-0.05, 0) is 30.3 Å². The van der Waals surface area contributed by atoms with Crippen LogP contribution in [0.2, 0.25) is 0 Å². The van der Waals surface area contributed by atoms with Crippen LogP contribution in [0.5, 0.6) is 11.5 Å². The van der Waals surface area contributed by atoms with Crippen LogP contribution in [0.4, 0.5) is 27.6 Å². The molecule has 0 aliphatic carbocycles. The zero-order valence-corrected chi connectivity index (χ0v) is 11.7. The summed E-state index contributed by atoms with van der Waals surface area (Å²) in [6, 6.07) is 4.58. The lowest BCUT2D eigenvalue weighted by atomic mass is 10.2. The summed E-state index contributed by atoms with van der Waals surface area (Å²) < 4.78 is 70.0. The van der Waals surface area contributed by atoms with E-state index in [1.54, 1.807) is 0 Å². The number of rotatable bonds is 2. The molecule has 0 fully saturated rings. The molecule has 0 heterocycles. The second-order valence-corrected chi connectivity index (χ2v) is 4.97. The smallest absolute Gasteiger partial charge is 0.416 e. The molecule has 0 atom stereocenters. The van der Waals surface area contributed by atoms with Crippen LogP contribution < -0.4 is 10.5 Å². The zero-order valence-electron chi connectivity index (χ0n) is 10.1. The summed E-state index contributed by atoms with van der Waals surface area (Å²) in [5, 5.41) is 0. The summed E-state index contributed by atoms with van der Waals surface area (Å²) >= 11 is 3.13. The van der Waals surface area contributed by atoms with Gasteiger partial charge in [0.1, 0.15) is 0 Å². The average Bonchev–Trinajstić information content (AvgIpc) is 2.34. The summed E-state index contributed by atoms with van der Waals surface area (Å²) in [6.45, 7) is 0. The van der Waals surface area contributed by atoms with Crippen molar-refractivity contribution in [1.82, 2.24) is 0 Å². The Hall–Kier alpha value is -1.83. The van der Waals surface area contributed by atoms with E-state index in [4.69, 9.17) is 10.5 Å². The first-order valence-electron chi connectivity index (χ1n) is 5.47. The van der Waals surface area contributed by atoms with Gasteiger partial charge in [0.05, 0.1) is 11.3 Å². The van der Waals surface area contributed by atoms with Gasteiger partial charge in [-0.3, -0.25) is 0 Å². The van der Waals surface area contributed by atoms with Gasteiger partial charge in [0, 0.05) is 4.47 Å². The van der Waals surface area contributed by atoms with E-state index in [0.717, 1.165) is 0 Å². The van der Waals surface area contributed by atoms with Crippen LogP contribution in [0.15, 0.2) is 34.8 Å². The van der Waals surface area contributed by atoms with Crippen LogP contribution >= 0.6 is 15.9 Å². The lowest BCUT2D eigenvalue weighted by molar-refractivity contribution is -0.138. The van der Waals surface area contributed by atoms with Gasteiger partial charge in [-0.15, -0.1) is 0 Å². The third kappa shape index (κ3) is 3.44. The van der Waals surface area contributed by atoms with E-state index in [2.05, 4.69) is 15.9 Å². The van der Waals surface area contributed by atoms with Crippen molar-refractivity contribution < 1.29 is 26.7 Å². The van der Waals surface area contributed by atoms with Crippen molar-refractivity contribution in [1.29, 1.82) is 0 Å². The lowest BCUT2D eigenvalue weighted by Gasteiger charge is -2.13. The Morgan fingerprint density at radius 1 is 1.00 bits per heavy atom. The SMILES string of the molecule is Nc1cc(Br)ccc1Oc1c(F)cc(C(F)(F)F)cc1F. The van der Waals surface area contributed by atoms with Crippen LogP contribution in [-0.2, 0) is 6.18 Å². The van der Waals surface area contributed by atoms with Crippen molar-refractivity contribution in [2.75, 3.05) is 5.73 Å². The minimum absolute atomic E-state index is 0.0723. The predicted molar refractivity (Wildman–Crippen MR) is 70.0 cm³/mol. The maximum absolute atomic E-state index is 13.6. The number of hydrogen-bond acceptors (Lipinski definition) is 2. The monoisotopic (exact) mass is 367 g/mol. The first-order valence-corrected chi connectivity index (χ1v) is 6.27. The van der Waals surface area contributed by atoms with Crippen LogP contribution in [0.1, 0.15) is 5.56 Å². The molecule has 2 nitrogen and oxygen atoms in total. The second-order valence-electron chi connectivity index (χ2n) is 4.05. The number of ether oxygens (including phenoxy) is 1. The van der Waals surface area contributed by atoms with Gasteiger partial charge < -0.3 is 10.5 Å². The van der Waals surface area contributed by atoms with Gasteiger partial charge in [0.25, 0.3) is 0 Å². The van der Waals surface area contributed by atoms with Gasteiger partial charge in [0.15, 0.2) is 23.1 Å². The fourth-order valence-corrected chi connectivity index (χ4v) is 1.92. The molecular formula is C13H7BrF5NO. The number of nitrogen functional groups attached to an aromatic ring is 1. The minimum Gasteiger partial charge on any atom is -0.449 e. The standard InChI is InChI=1S/C13H7BrF5NO/c14-7-1-2-11(10(20)5-7)21-12-8(15)3-6(4-9(12)16)13(17,18)19/h1-5H,20H2. The molecular weight excluding hydrogens is 361 g/mol. The Kier molecular flexibility index (Phi) is 4.08. The van der Waals surface area contributed by atoms with Crippen LogP contribution in [0.3, 0.4) is 0 Å². The van der Waals surface area contributed by atoms with Crippen molar-refractivity contribution in [3.8, 4) is 11.5 Å². The summed E-state index contributed by atoms with van der Waals surface area (Å²) in [5.74, 6) is -3.96. The number of hydrogen-bond donors (Lipinski definition) is 1. The maximum Gasteiger partial charge on any atom is 0.416 e. The van der Waals surface area contributed by atoms with Crippen LogP contribution in [0.25, 0.3) is 0 Å². The molecule has 2 aromatic rings. The van der Waals surface area contributed by atoms with Gasteiger partial charge in [0.2, 0.25) is 0 Å². The topological polar surface area (TPSA) is 35.2 Å². The molecule has 8 heteroatoms. The average molecular weight is 368 g/mol. The second kappa shape index (κ2) is 5.51. The van der Waals surface area contributed by atoms with E-state index in [1.165, 1.54) is 18.2 Å². The molecule has 0 saturated carbocycles. The van der Waals surface area contributed by atoms with E-state index in [9.17, 15) is 22.0 Å². The van der Waals surface area contributed by atoms with E-state index in [-0.39, 0.29) is 23.6 Å². The van der Waals surface area contributed by atoms with Gasteiger partial charge in [-0.2, -0.15) is 13.2 Å². The molecule has 0 radical (unpaired) electrons. The largest absolute Gasteiger partial charge is 0.449 e. The van der Waals surface area contributed by atoms with Crippen LogP contribution in [-0.4, -0.2) is 0 Å². The molecule has 0 bridgehead atoms. The first-order chi connectivity index (χ1) is 9.68. The van der Waals surface area contributed by atoms with Crippen molar-refractivity contribution in [2.24, 2.45) is 0 Å². The van der Waals surface area contributed by atoms with E-state index >= 15 is 0 Å². The Morgan fingerprint density at radius 3 is 2.05 bits per heavy atom. The third-order valence-corrected chi connectivity index (χ3v) is 3.00. The van der Waals surface area contributed by atoms with E-state index < -0.39 is 29.1 Å². The fraction of sp³-hybridized carbons (Fsp3) is 0.0769. The van der Waals surface area contributed by atoms with Crippen molar-refractivity contribution >= 4 is 21.6 Å². The Labute approximate surface area is 124 Å². The molecule has 0 unspecified atom stereocenters. The Bertz CT molecular complexity index is 664. The fourth-order valence-electron chi connectivity index (χ4n) is 1.54. The summed E-state index contributed by atoms with van der Waals surface area (Å²) in [6.07, 6.45) is -4.85. The van der Waals surface area contributed by atoms with Crippen molar-refractivity contribution in [3.63, 3.8) is 0 Å². The highest BCUT2D eigenvalue weighted by molar-refractivity contribution is 9.10. The highest BCUT2D eigenvalue weighted by atomic mass is 79.9. The molecule has 0 aromatic heterocycles. The van der Waals surface area contributed by atoms with Gasteiger partial charge in [-0.1, -0.05) is 15.9 Å². The molecule has 112 valence electrons. The molecule has 0 saturated heterocycles. The lowest BCUT2D eigenvalue weighted by Crippen LogP contribution is -2.07. The number of nitrogens with two attached hydrogens (primary N) is 1. The third-order valence-electron chi connectivity index (χ3n) is 2.51. The minimum atomic E-state index is -4.85. The predicted octanol–water partition coefficient (Wildman–Crippen LogP) is 5.12. The molecule has 0 spiro atoms. The zero-order chi connectivity index (χ0) is 15.8. The summed E-state index contributed by atoms with van der Waals surface area (Å²) in [7, 11) is 0. The molecule has 2 aromatic carbocycles. The molecule has 2 rings (SSSR count). The number of benzene rings is 2. The van der Waals surface area contributed by atoms with Crippen LogP contribution in [0, 0.1) is 11.6 Å². The summed E-state index contributed by atoms with van der Waals surface area (Å²) in [4.78, 5) is 0. The number of alkyl halides is 3. The number of anilines is 1. The Morgan fingerprint density at radius 2 is 1.57 bits per heavy atom. The molecule has 21 heavy (non-hydrogen) atoms. The quantitative estimate of drug-likeness (QED) is 0.590. The van der Waals surface area contributed by atoms with Gasteiger partial charge >= 0.3 is 6.18 Å². The van der Waals surface area contributed by atoms with E-state index in [0.29, 0.717) is 4.47 Å².